The van der Waals surface area contributed by atoms with E-state index in [0.29, 0.717) is 6.54 Å². The maximum Gasteiger partial charge on any atom is 0.240 e. The normalized spacial score (nSPS) is 21.4. The van der Waals surface area contributed by atoms with Gasteiger partial charge < -0.3 is 10.6 Å². The van der Waals surface area contributed by atoms with Gasteiger partial charge in [0.15, 0.2) is 0 Å². The van der Waals surface area contributed by atoms with Crippen LogP contribution in [-0.2, 0) is 10.0 Å². The second-order valence-electron chi connectivity index (χ2n) is 4.90. The molecule has 0 amide bonds. The number of aromatic nitrogens is 1. The number of nitrogens with one attached hydrogen (secondary N) is 1. The number of sulfonamides is 1. The van der Waals surface area contributed by atoms with E-state index in [1.54, 1.807) is 0 Å². The third-order valence-corrected chi connectivity index (χ3v) is 4.91. The van der Waals surface area contributed by atoms with E-state index < -0.39 is 10.0 Å². The van der Waals surface area contributed by atoms with Gasteiger partial charge in [0, 0.05) is 24.8 Å². The lowest BCUT2D eigenvalue weighted by molar-refractivity contribution is 0.187. The van der Waals surface area contributed by atoms with Gasteiger partial charge in [-0.05, 0) is 32.5 Å². The fourth-order valence-corrected chi connectivity index (χ4v) is 3.38. The van der Waals surface area contributed by atoms with Crippen LogP contribution in [0.2, 0.25) is 0 Å². The Morgan fingerprint density at radius 3 is 3.00 bits per heavy atom. The first-order valence-electron chi connectivity index (χ1n) is 6.40. The topological polar surface area (TPSA) is 88.3 Å². The summed E-state index contributed by atoms with van der Waals surface area (Å²) in [6, 6.07) is 3.08. The van der Waals surface area contributed by atoms with Crippen molar-refractivity contribution in [2.45, 2.75) is 30.2 Å². The van der Waals surface area contributed by atoms with Crippen molar-refractivity contribution in [2.75, 3.05) is 25.9 Å². The van der Waals surface area contributed by atoms with Gasteiger partial charge in [-0.3, -0.25) is 0 Å². The number of likely N-dealkylation sites (tertiary alicyclic amines) is 1. The van der Waals surface area contributed by atoms with Crippen molar-refractivity contribution < 1.29 is 8.42 Å². The van der Waals surface area contributed by atoms with Crippen LogP contribution in [0.1, 0.15) is 19.3 Å². The summed E-state index contributed by atoms with van der Waals surface area (Å²) >= 11 is 0. The molecule has 3 N–H and O–H groups in total. The number of hydrogen-bond acceptors (Lipinski definition) is 5. The lowest BCUT2D eigenvalue weighted by atomic mass is 10.0. The molecule has 1 aliphatic heterocycles. The van der Waals surface area contributed by atoms with Crippen molar-refractivity contribution in [1.82, 2.24) is 14.6 Å². The molecule has 19 heavy (non-hydrogen) atoms. The summed E-state index contributed by atoms with van der Waals surface area (Å²) in [7, 11) is -1.47. The van der Waals surface area contributed by atoms with Crippen molar-refractivity contribution in [2.24, 2.45) is 0 Å². The zero-order valence-electron chi connectivity index (χ0n) is 11.0. The Morgan fingerprint density at radius 2 is 2.32 bits per heavy atom. The minimum Gasteiger partial charge on any atom is -0.384 e. The van der Waals surface area contributed by atoms with E-state index in [1.807, 2.05) is 7.05 Å². The molecule has 106 valence electrons. The van der Waals surface area contributed by atoms with Gasteiger partial charge in [-0.1, -0.05) is 6.42 Å². The molecule has 7 heteroatoms. The molecular weight excluding hydrogens is 264 g/mol. The fraction of sp³-hybridized carbons (Fsp3) is 0.583. The van der Waals surface area contributed by atoms with Crippen molar-refractivity contribution in [3.8, 4) is 0 Å². The Hall–Kier alpha value is -1.18. The number of piperidine rings is 1. The molecule has 0 radical (unpaired) electrons. The Morgan fingerprint density at radius 1 is 1.53 bits per heavy atom. The summed E-state index contributed by atoms with van der Waals surface area (Å²) in [5, 5.41) is 0. The highest BCUT2D eigenvalue weighted by atomic mass is 32.2. The fourth-order valence-electron chi connectivity index (χ4n) is 2.29. The molecule has 2 rings (SSSR count). The minimum atomic E-state index is -3.50. The van der Waals surface area contributed by atoms with Crippen molar-refractivity contribution >= 4 is 15.8 Å². The predicted molar refractivity (Wildman–Crippen MR) is 74.1 cm³/mol. The Balaban J connectivity index is 2.01. The van der Waals surface area contributed by atoms with E-state index in [4.69, 9.17) is 5.73 Å². The molecule has 0 aromatic carbocycles. The Bertz CT molecular complexity index is 532. The summed E-state index contributed by atoms with van der Waals surface area (Å²) in [4.78, 5) is 6.16. The third-order valence-electron chi connectivity index (χ3n) is 3.49. The molecule has 0 spiro atoms. The van der Waals surface area contributed by atoms with Gasteiger partial charge in [-0.2, -0.15) is 0 Å². The summed E-state index contributed by atoms with van der Waals surface area (Å²) in [5.74, 6) is 0.206. The summed E-state index contributed by atoms with van der Waals surface area (Å²) in [5.41, 5.74) is 5.50. The van der Waals surface area contributed by atoms with Crippen LogP contribution in [0.5, 0.6) is 0 Å². The van der Waals surface area contributed by atoms with Gasteiger partial charge in [0.05, 0.1) is 4.90 Å². The Labute approximate surface area is 114 Å². The molecule has 1 aromatic heterocycles. The predicted octanol–water partition coefficient (Wildman–Crippen LogP) is 0.426. The average molecular weight is 284 g/mol. The summed E-state index contributed by atoms with van der Waals surface area (Å²) < 4.78 is 26.9. The third kappa shape index (κ3) is 3.65. The van der Waals surface area contributed by atoms with Crippen LogP contribution in [0.15, 0.2) is 23.2 Å². The number of hydrogen-bond donors (Lipinski definition) is 2. The molecule has 1 unspecified atom stereocenters. The molecule has 0 bridgehead atoms. The number of rotatable bonds is 4. The first kappa shape index (κ1) is 14.2. The van der Waals surface area contributed by atoms with Gasteiger partial charge in [0.25, 0.3) is 0 Å². The van der Waals surface area contributed by atoms with Crippen LogP contribution in [0.25, 0.3) is 0 Å². The molecule has 0 saturated carbocycles. The highest BCUT2D eigenvalue weighted by molar-refractivity contribution is 7.89. The summed E-state index contributed by atoms with van der Waals surface area (Å²) in [6.07, 6.45) is 4.76. The van der Waals surface area contributed by atoms with Crippen LogP contribution < -0.4 is 10.5 Å². The van der Waals surface area contributed by atoms with Crippen molar-refractivity contribution in [3.63, 3.8) is 0 Å². The van der Waals surface area contributed by atoms with Gasteiger partial charge in [0.2, 0.25) is 10.0 Å². The average Bonchev–Trinajstić information content (AvgIpc) is 2.38. The van der Waals surface area contributed by atoms with E-state index in [9.17, 15) is 8.42 Å². The number of nitrogens with two attached hydrogens (primary N) is 1. The second kappa shape index (κ2) is 5.85. The molecular formula is C12H20N4O2S. The molecule has 2 heterocycles. The van der Waals surface area contributed by atoms with Gasteiger partial charge >= 0.3 is 0 Å². The smallest absolute Gasteiger partial charge is 0.240 e. The van der Waals surface area contributed by atoms with Gasteiger partial charge in [-0.15, -0.1) is 0 Å². The lowest BCUT2D eigenvalue weighted by Gasteiger charge is -2.32. The van der Waals surface area contributed by atoms with Crippen LogP contribution >= 0.6 is 0 Å². The van der Waals surface area contributed by atoms with Gasteiger partial charge in [-0.25, -0.2) is 18.1 Å². The molecule has 1 aromatic rings. The monoisotopic (exact) mass is 284 g/mol. The number of nitrogen functional groups attached to an aromatic ring is 1. The Kier molecular flexibility index (Phi) is 4.38. The lowest BCUT2D eigenvalue weighted by Crippen LogP contribution is -2.44. The molecule has 1 saturated heterocycles. The van der Waals surface area contributed by atoms with Gasteiger partial charge in [0.1, 0.15) is 5.82 Å². The van der Waals surface area contributed by atoms with Crippen LogP contribution in [0.4, 0.5) is 5.82 Å². The SMILES string of the molecule is CN1CCCCC1CNS(=O)(=O)c1ccnc(N)c1. The quantitative estimate of drug-likeness (QED) is 0.837. The number of nitrogens with zero attached hydrogens (tertiary/aromatic N) is 2. The maximum atomic E-state index is 12.1. The zero-order chi connectivity index (χ0) is 13.9. The highest BCUT2D eigenvalue weighted by Crippen LogP contribution is 2.15. The highest BCUT2D eigenvalue weighted by Gasteiger charge is 2.22. The first-order valence-corrected chi connectivity index (χ1v) is 7.89. The maximum absolute atomic E-state index is 12.1. The molecule has 0 aliphatic carbocycles. The number of pyridine rings is 1. The molecule has 6 nitrogen and oxygen atoms in total. The van der Waals surface area contributed by atoms with E-state index in [-0.39, 0.29) is 16.8 Å². The van der Waals surface area contributed by atoms with Crippen LogP contribution in [0, 0.1) is 0 Å². The van der Waals surface area contributed by atoms with Crippen molar-refractivity contribution in [3.05, 3.63) is 18.3 Å². The minimum absolute atomic E-state index is 0.165. The van der Waals surface area contributed by atoms with Crippen LogP contribution in [0.3, 0.4) is 0 Å². The summed E-state index contributed by atoms with van der Waals surface area (Å²) in [6.45, 7) is 1.45. The zero-order valence-corrected chi connectivity index (χ0v) is 11.9. The van der Waals surface area contributed by atoms with E-state index in [2.05, 4.69) is 14.6 Å². The first-order chi connectivity index (χ1) is 8.99. The van der Waals surface area contributed by atoms with E-state index in [1.165, 1.54) is 24.8 Å². The van der Waals surface area contributed by atoms with E-state index in [0.717, 1.165) is 19.4 Å². The molecule has 1 fully saturated rings. The largest absolute Gasteiger partial charge is 0.384 e. The van der Waals surface area contributed by atoms with Crippen LogP contribution in [-0.4, -0.2) is 44.5 Å². The number of anilines is 1. The second-order valence-corrected chi connectivity index (χ2v) is 6.67. The standard InChI is InChI=1S/C12H20N4O2S/c1-16-7-3-2-4-10(16)9-15-19(17,18)11-5-6-14-12(13)8-11/h5-6,8,10,15H,2-4,7,9H2,1H3,(H2,13,14). The molecule has 1 aliphatic rings. The van der Waals surface area contributed by atoms with Crippen molar-refractivity contribution in [1.29, 1.82) is 0 Å². The van der Waals surface area contributed by atoms with E-state index >= 15 is 0 Å². The number of likely N-dealkylation sites (N-methyl/N-ethyl adjacent to an activating group) is 1. The molecule has 1 atom stereocenters.